The van der Waals surface area contributed by atoms with Crippen LogP contribution in [0.2, 0.25) is 0 Å². The Kier molecular flexibility index (Phi) is 6.63. The maximum atomic E-state index is 13.3. The molecule has 0 radical (unpaired) electrons. The monoisotopic (exact) mass is 431 g/mol. The number of benzene rings is 2. The number of rotatable bonds is 9. The third-order valence-corrected chi connectivity index (χ3v) is 6.50. The van der Waals surface area contributed by atoms with Crippen LogP contribution >= 0.6 is 0 Å². The quantitative estimate of drug-likeness (QED) is 0.440. The van der Waals surface area contributed by atoms with E-state index in [4.69, 9.17) is 0 Å². The van der Waals surface area contributed by atoms with Gasteiger partial charge < -0.3 is 15.2 Å². The summed E-state index contributed by atoms with van der Waals surface area (Å²) >= 11 is 0. The van der Waals surface area contributed by atoms with Gasteiger partial charge in [0.25, 0.3) is 5.91 Å². The number of H-pyrrole nitrogens is 1. The van der Waals surface area contributed by atoms with Crippen molar-refractivity contribution in [1.29, 1.82) is 0 Å². The molecular formula is C27H33N3O2. The van der Waals surface area contributed by atoms with Crippen LogP contribution in [0.3, 0.4) is 0 Å². The summed E-state index contributed by atoms with van der Waals surface area (Å²) in [5.41, 5.74) is 4.98. The topological polar surface area (TPSA) is 65.2 Å². The number of carbonyl (C=O) groups excluding carboxylic acids is 2. The Morgan fingerprint density at radius 3 is 2.69 bits per heavy atom. The number of para-hydroxylation sites is 1. The van der Waals surface area contributed by atoms with Gasteiger partial charge in [-0.25, -0.2) is 0 Å². The minimum absolute atomic E-state index is 0.000856. The Labute approximate surface area is 190 Å². The number of nitrogens with zero attached hydrogens (tertiary/aromatic N) is 1. The molecule has 3 aromatic rings. The maximum absolute atomic E-state index is 13.3. The van der Waals surface area contributed by atoms with E-state index < -0.39 is 0 Å². The summed E-state index contributed by atoms with van der Waals surface area (Å²) in [5, 5.41) is 4.23. The van der Waals surface area contributed by atoms with E-state index in [0.29, 0.717) is 13.0 Å². The van der Waals surface area contributed by atoms with Gasteiger partial charge in [-0.3, -0.25) is 9.59 Å². The van der Waals surface area contributed by atoms with Gasteiger partial charge in [-0.05, 0) is 38.0 Å². The molecule has 1 aliphatic rings. The normalized spacial score (nSPS) is 16.4. The molecule has 2 heterocycles. The number of hydrogen-bond acceptors (Lipinski definition) is 2. The standard InChI is InChI=1S/C27H33N3O2/c1-4-5-6-11-18(2)28-24(31)16-17-30-26(20-12-7-8-13-21(20)27(30)32)25-19(3)29-23-15-10-9-14-22(23)25/h7-10,12-15,18,26,29H,4-6,11,16-17H2,1-3H3,(H,28,31)/t18-,26+/m1/s1. The molecule has 4 rings (SSSR count). The van der Waals surface area contributed by atoms with E-state index in [-0.39, 0.29) is 23.9 Å². The fourth-order valence-corrected chi connectivity index (χ4v) is 4.90. The highest BCUT2D eigenvalue weighted by Crippen LogP contribution is 2.42. The average molecular weight is 432 g/mol. The zero-order chi connectivity index (χ0) is 22.7. The lowest BCUT2D eigenvalue weighted by Gasteiger charge is -2.26. The summed E-state index contributed by atoms with van der Waals surface area (Å²) in [4.78, 5) is 31.3. The average Bonchev–Trinajstić information content (AvgIpc) is 3.25. The lowest BCUT2D eigenvalue weighted by atomic mass is 9.95. The number of nitrogens with one attached hydrogen (secondary N) is 2. The summed E-state index contributed by atoms with van der Waals surface area (Å²) in [6, 6.07) is 16.0. The second-order valence-corrected chi connectivity index (χ2v) is 8.91. The van der Waals surface area contributed by atoms with Crippen molar-refractivity contribution >= 4 is 22.7 Å². The van der Waals surface area contributed by atoms with Crippen molar-refractivity contribution in [3.8, 4) is 0 Å². The predicted molar refractivity (Wildman–Crippen MR) is 129 cm³/mol. The van der Waals surface area contributed by atoms with Crippen LogP contribution in [-0.4, -0.2) is 34.3 Å². The zero-order valence-electron chi connectivity index (χ0n) is 19.3. The van der Waals surface area contributed by atoms with Crippen LogP contribution < -0.4 is 5.32 Å². The van der Waals surface area contributed by atoms with Crippen molar-refractivity contribution in [3.05, 3.63) is 70.9 Å². The van der Waals surface area contributed by atoms with Gasteiger partial charge in [0.2, 0.25) is 5.91 Å². The second-order valence-electron chi connectivity index (χ2n) is 8.91. The predicted octanol–water partition coefficient (Wildman–Crippen LogP) is 5.50. The molecule has 0 aliphatic carbocycles. The van der Waals surface area contributed by atoms with E-state index in [2.05, 4.69) is 43.2 Å². The van der Waals surface area contributed by atoms with E-state index in [0.717, 1.165) is 46.1 Å². The molecule has 0 bridgehead atoms. The minimum Gasteiger partial charge on any atom is -0.358 e. The van der Waals surface area contributed by atoms with E-state index in [1.54, 1.807) is 0 Å². The van der Waals surface area contributed by atoms with Crippen molar-refractivity contribution in [1.82, 2.24) is 15.2 Å². The third kappa shape index (κ3) is 4.29. The highest BCUT2D eigenvalue weighted by Gasteiger charge is 2.39. The van der Waals surface area contributed by atoms with Crippen molar-refractivity contribution in [2.45, 2.75) is 65.0 Å². The molecule has 5 nitrogen and oxygen atoms in total. The molecule has 2 N–H and O–H groups in total. The number of amides is 2. The zero-order valence-corrected chi connectivity index (χ0v) is 19.3. The maximum Gasteiger partial charge on any atom is 0.255 e. The van der Waals surface area contributed by atoms with Crippen molar-refractivity contribution in [3.63, 3.8) is 0 Å². The molecule has 2 atom stereocenters. The van der Waals surface area contributed by atoms with E-state index >= 15 is 0 Å². The Bertz CT molecular complexity index is 1120. The molecule has 2 amide bonds. The Balaban J connectivity index is 1.56. The van der Waals surface area contributed by atoms with Crippen LogP contribution in [0.4, 0.5) is 0 Å². The SMILES string of the molecule is CCCCC[C@@H](C)NC(=O)CCN1C(=O)c2ccccc2[C@H]1c1c(C)[nH]c2ccccc12. The Morgan fingerprint density at radius 1 is 1.12 bits per heavy atom. The lowest BCUT2D eigenvalue weighted by molar-refractivity contribution is -0.122. The number of aryl methyl sites for hydroxylation is 1. The van der Waals surface area contributed by atoms with E-state index in [9.17, 15) is 9.59 Å². The summed E-state index contributed by atoms with van der Waals surface area (Å²) in [7, 11) is 0. The van der Waals surface area contributed by atoms with Crippen LogP contribution in [0.25, 0.3) is 10.9 Å². The summed E-state index contributed by atoms with van der Waals surface area (Å²) in [5.74, 6) is 0.00577. The van der Waals surface area contributed by atoms with Crippen LogP contribution in [0.15, 0.2) is 48.5 Å². The first-order valence-electron chi connectivity index (χ1n) is 11.8. The van der Waals surface area contributed by atoms with Gasteiger partial charge in [-0.15, -0.1) is 0 Å². The number of aromatic nitrogens is 1. The fourth-order valence-electron chi connectivity index (χ4n) is 4.90. The molecule has 168 valence electrons. The summed E-state index contributed by atoms with van der Waals surface area (Å²) in [6.45, 7) is 6.69. The van der Waals surface area contributed by atoms with Gasteiger partial charge in [-0.1, -0.05) is 62.6 Å². The smallest absolute Gasteiger partial charge is 0.255 e. The van der Waals surface area contributed by atoms with Crippen LogP contribution in [0.1, 0.15) is 79.2 Å². The number of aromatic amines is 1. The van der Waals surface area contributed by atoms with Gasteiger partial charge >= 0.3 is 0 Å². The molecule has 2 aromatic carbocycles. The van der Waals surface area contributed by atoms with Gasteiger partial charge in [0.1, 0.15) is 0 Å². The first kappa shape index (κ1) is 22.1. The molecule has 0 spiro atoms. The first-order chi connectivity index (χ1) is 15.5. The second kappa shape index (κ2) is 9.60. The molecule has 0 fully saturated rings. The molecule has 1 aliphatic heterocycles. The molecular weight excluding hydrogens is 398 g/mol. The Morgan fingerprint density at radius 2 is 1.88 bits per heavy atom. The third-order valence-electron chi connectivity index (χ3n) is 6.50. The lowest BCUT2D eigenvalue weighted by Crippen LogP contribution is -2.37. The molecule has 5 heteroatoms. The first-order valence-corrected chi connectivity index (χ1v) is 11.8. The van der Waals surface area contributed by atoms with Gasteiger partial charge in [-0.2, -0.15) is 0 Å². The molecule has 0 unspecified atom stereocenters. The van der Waals surface area contributed by atoms with Gasteiger partial charge in [0.05, 0.1) is 6.04 Å². The molecule has 0 saturated carbocycles. The number of unbranched alkanes of at least 4 members (excludes halogenated alkanes) is 2. The van der Waals surface area contributed by atoms with E-state index in [1.807, 2.05) is 41.3 Å². The largest absolute Gasteiger partial charge is 0.358 e. The molecule has 0 saturated heterocycles. The number of hydrogen-bond donors (Lipinski definition) is 2. The Hall–Kier alpha value is -3.08. The van der Waals surface area contributed by atoms with Gasteiger partial charge in [0, 0.05) is 46.7 Å². The minimum atomic E-state index is -0.190. The van der Waals surface area contributed by atoms with Gasteiger partial charge in [0.15, 0.2) is 0 Å². The highest BCUT2D eigenvalue weighted by molar-refractivity contribution is 6.01. The number of fused-ring (bicyclic) bond motifs is 2. The molecule has 1 aromatic heterocycles. The highest BCUT2D eigenvalue weighted by atomic mass is 16.2. The molecule has 32 heavy (non-hydrogen) atoms. The van der Waals surface area contributed by atoms with Crippen LogP contribution in [-0.2, 0) is 4.79 Å². The van der Waals surface area contributed by atoms with Crippen LogP contribution in [0.5, 0.6) is 0 Å². The van der Waals surface area contributed by atoms with Crippen molar-refractivity contribution in [2.75, 3.05) is 6.54 Å². The van der Waals surface area contributed by atoms with E-state index in [1.165, 1.54) is 12.8 Å². The van der Waals surface area contributed by atoms with Crippen LogP contribution in [0, 0.1) is 6.92 Å². The fraction of sp³-hybridized carbons (Fsp3) is 0.407. The van der Waals surface area contributed by atoms with Crippen molar-refractivity contribution < 1.29 is 9.59 Å². The summed E-state index contributed by atoms with van der Waals surface area (Å²) in [6.07, 6.45) is 4.78. The summed E-state index contributed by atoms with van der Waals surface area (Å²) < 4.78 is 0. The van der Waals surface area contributed by atoms with Crippen molar-refractivity contribution in [2.24, 2.45) is 0 Å². The number of carbonyl (C=O) groups is 2.